The van der Waals surface area contributed by atoms with E-state index in [1.165, 1.54) is 11.1 Å². The second kappa shape index (κ2) is 6.59. The third-order valence-corrected chi connectivity index (χ3v) is 3.67. The van der Waals surface area contributed by atoms with Gasteiger partial charge in [0.25, 0.3) is 0 Å². The fraction of sp³-hybridized carbons (Fsp3) is 0.429. The molecule has 0 spiro atoms. The van der Waals surface area contributed by atoms with Crippen molar-refractivity contribution in [2.24, 2.45) is 0 Å². The molecule has 0 aliphatic carbocycles. The second-order valence-electron chi connectivity index (χ2n) is 4.97. The van der Waals surface area contributed by atoms with Gasteiger partial charge in [0.15, 0.2) is 0 Å². The van der Waals surface area contributed by atoms with Gasteiger partial charge >= 0.3 is 14.2 Å². The van der Waals surface area contributed by atoms with Gasteiger partial charge in [0, 0.05) is 6.32 Å². The zero-order valence-electron chi connectivity index (χ0n) is 11.7. The van der Waals surface area contributed by atoms with Gasteiger partial charge in [-0.15, -0.1) is 0 Å². The van der Waals surface area contributed by atoms with Crippen molar-refractivity contribution in [1.29, 1.82) is 0 Å². The van der Waals surface area contributed by atoms with Gasteiger partial charge < -0.3 is 18.6 Å². The molecule has 2 aliphatic rings. The lowest BCUT2D eigenvalue weighted by molar-refractivity contribution is 0.365. The lowest BCUT2D eigenvalue weighted by atomic mass is 9.63. The summed E-state index contributed by atoms with van der Waals surface area (Å²) in [4.78, 5) is 0. The molecule has 6 heteroatoms. The first-order valence-corrected chi connectivity index (χ1v) is 7.06. The van der Waals surface area contributed by atoms with E-state index in [4.69, 9.17) is 18.6 Å². The summed E-state index contributed by atoms with van der Waals surface area (Å²) >= 11 is 0. The average molecular weight is 272 g/mol. The zero-order valence-corrected chi connectivity index (χ0v) is 11.7. The Bertz CT molecular complexity index is 465. The van der Waals surface area contributed by atoms with Crippen LogP contribution >= 0.6 is 0 Å². The number of hydrogen-bond acceptors (Lipinski definition) is 4. The molecule has 3 rings (SSSR count). The molecule has 0 radical (unpaired) electrons. The van der Waals surface area contributed by atoms with Crippen molar-refractivity contribution in [3.8, 4) is 0 Å². The van der Waals surface area contributed by atoms with Crippen LogP contribution in [-0.2, 0) is 18.6 Å². The van der Waals surface area contributed by atoms with Gasteiger partial charge in [0.2, 0.25) is 0 Å². The lowest BCUT2D eigenvalue weighted by Crippen LogP contribution is -2.25. The Labute approximate surface area is 120 Å². The molecule has 0 atom stereocenters. The molecule has 0 N–H and O–H groups in total. The highest BCUT2D eigenvalue weighted by molar-refractivity contribution is 6.60. The summed E-state index contributed by atoms with van der Waals surface area (Å²) in [6.07, 6.45) is 0.686. The first kappa shape index (κ1) is 13.9. The zero-order chi connectivity index (χ0) is 13.8. The molecule has 0 aromatic heterocycles. The number of rotatable bonds is 4. The van der Waals surface area contributed by atoms with E-state index in [2.05, 4.69) is 19.1 Å². The fourth-order valence-corrected chi connectivity index (χ4v) is 2.56. The van der Waals surface area contributed by atoms with Crippen molar-refractivity contribution in [2.45, 2.75) is 13.2 Å². The Morgan fingerprint density at radius 3 is 2.20 bits per heavy atom. The number of allylic oxidation sites excluding steroid dienone is 2. The first-order valence-electron chi connectivity index (χ1n) is 7.06. The van der Waals surface area contributed by atoms with Crippen LogP contribution in [0.15, 0.2) is 35.8 Å². The minimum atomic E-state index is -0.275. The van der Waals surface area contributed by atoms with Gasteiger partial charge in [-0.05, 0) is 23.5 Å². The predicted molar refractivity (Wildman–Crippen MR) is 79.2 cm³/mol. The van der Waals surface area contributed by atoms with Crippen LogP contribution in [0, 0.1) is 0 Å². The summed E-state index contributed by atoms with van der Waals surface area (Å²) in [6.45, 7) is 4.71. The highest BCUT2D eigenvalue weighted by atomic mass is 16.6. The molecule has 20 heavy (non-hydrogen) atoms. The molecular formula is C14H18B2O4. The van der Waals surface area contributed by atoms with E-state index in [1.807, 2.05) is 18.2 Å². The highest BCUT2D eigenvalue weighted by Gasteiger charge is 2.35. The maximum atomic E-state index is 5.68. The number of benzene rings is 1. The van der Waals surface area contributed by atoms with Gasteiger partial charge in [0.05, 0.1) is 26.4 Å². The van der Waals surface area contributed by atoms with Crippen LogP contribution in [0.2, 0.25) is 6.32 Å². The van der Waals surface area contributed by atoms with Crippen molar-refractivity contribution in [2.75, 3.05) is 26.4 Å². The van der Waals surface area contributed by atoms with Crippen LogP contribution < -0.4 is 0 Å². The SMILES string of the molecule is C/C(=C(\CB1OCCO1)B1OCCO1)c1ccccc1. The molecule has 104 valence electrons. The second-order valence-corrected chi connectivity index (χ2v) is 4.97. The van der Waals surface area contributed by atoms with Gasteiger partial charge in [-0.3, -0.25) is 0 Å². The molecule has 2 aliphatic heterocycles. The maximum Gasteiger partial charge on any atom is 0.489 e. The van der Waals surface area contributed by atoms with Crippen LogP contribution in [-0.4, -0.2) is 40.7 Å². The topological polar surface area (TPSA) is 36.9 Å². The van der Waals surface area contributed by atoms with Crippen LogP contribution in [0.25, 0.3) is 5.57 Å². The van der Waals surface area contributed by atoms with E-state index in [9.17, 15) is 0 Å². The Balaban J connectivity index is 1.86. The smallest absolute Gasteiger partial charge is 0.409 e. The monoisotopic (exact) mass is 272 g/mol. The Kier molecular flexibility index (Phi) is 4.58. The van der Waals surface area contributed by atoms with E-state index >= 15 is 0 Å². The quantitative estimate of drug-likeness (QED) is 0.786. The maximum absolute atomic E-state index is 5.68. The molecular weight excluding hydrogens is 254 g/mol. The summed E-state index contributed by atoms with van der Waals surface area (Å²) < 4.78 is 22.5. The normalized spacial score (nSPS) is 20.4. The van der Waals surface area contributed by atoms with E-state index in [1.54, 1.807) is 0 Å². The minimum Gasteiger partial charge on any atom is -0.409 e. The van der Waals surface area contributed by atoms with Crippen molar-refractivity contribution >= 4 is 19.8 Å². The van der Waals surface area contributed by atoms with E-state index < -0.39 is 0 Å². The standard InChI is InChI=1S/C14H18B2O4/c1-12(13-5-3-2-4-6-13)14(16-19-9-10-20-16)11-15-17-7-8-18-15/h2-6H,7-11H2,1H3/b14-12-. The van der Waals surface area contributed by atoms with Crippen molar-refractivity contribution in [1.82, 2.24) is 0 Å². The Morgan fingerprint density at radius 2 is 1.55 bits per heavy atom. The van der Waals surface area contributed by atoms with Crippen LogP contribution in [0.5, 0.6) is 0 Å². The van der Waals surface area contributed by atoms with Gasteiger partial charge in [-0.2, -0.15) is 0 Å². The molecule has 0 amide bonds. The summed E-state index contributed by atoms with van der Waals surface area (Å²) in [5.41, 5.74) is 3.47. The van der Waals surface area contributed by atoms with Crippen molar-refractivity contribution in [3.63, 3.8) is 0 Å². The summed E-state index contributed by atoms with van der Waals surface area (Å²) in [7, 11) is -0.459. The summed E-state index contributed by atoms with van der Waals surface area (Å²) in [5, 5.41) is 0. The molecule has 1 aromatic carbocycles. The molecule has 1 aromatic rings. The van der Waals surface area contributed by atoms with Crippen LogP contribution in [0.4, 0.5) is 0 Å². The fourth-order valence-electron chi connectivity index (χ4n) is 2.56. The van der Waals surface area contributed by atoms with E-state index in [-0.39, 0.29) is 14.2 Å². The van der Waals surface area contributed by atoms with Gasteiger partial charge in [-0.25, -0.2) is 0 Å². The third-order valence-electron chi connectivity index (χ3n) is 3.67. The first-order chi connectivity index (χ1) is 9.84. The van der Waals surface area contributed by atoms with Crippen molar-refractivity contribution in [3.05, 3.63) is 41.4 Å². The van der Waals surface area contributed by atoms with Crippen LogP contribution in [0.3, 0.4) is 0 Å². The van der Waals surface area contributed by atoms with E-state index in [0.29, 0.717) is 32.7 Å². The molecule has 2 heterocycles. The average Bonchev–Trinajstić information content (AvgIpc) is 3.18. The summed E-state index contributed by atoms with van der Waals surface area (Å²) in [6, 6.07) is 10.3. The molecule has 0 unspecified atom stereocenters. The van der Waals surface area contributed by atoms with Gasteiger partial charge in [0.1, 0.15) is 0 Å². The molecule has 0 bridgehead atoms. The predicted octanol–water partition coefficient (Wildman–Crippen LogP) is 2.07. The third kappa shape index (κ3) is 3.15. The number of hydrogen-bond donors (Lipinski definition) is 0. The molecule has 0 saturated carbocycles. The molecule has 2 saturated heterocycles. The van der Waals surface area contributed by atoms with Crippen molar-refractivity contribution < 1.29 is 18.6 Å². The lowest BCUT2D eigenvalue weighted by Gasteiger charge is -2.15. The molecule has 2 fully saturated rings. The Morgan fingerprint density at radius 1 is 0.950 bits per heavy atom. The Hall–Kier alpha value is -1.07. The van der Waals surface area contributed by atoms with E-state index in [0.717, 1.165) is 5.47 Å². The molecule has 4 nitrogen and oxygen atoms in total. The van der Waals surface area contributed by atoms with Gasteiger partial charge in [-0.1, -0.05) is 30.3 Å². The summed E-state index contributed by atoms with van der Waals surface area (Å²) in [5.74, 6) is 0. The minimum absolute atomic E-state index is 0.184. The van der Waals surface area contributed by atoms with Crippen LogP contribution in [0.1, 0.15) is 12.5 Å². The largest absolute Gasteiger partial charge is 0.489 e. The highest BCUT2D eigenvalue weighted by Crippen LogP contribution is 2.27.